The van der Waals surface area contributed by atoms with Gasteiger partial charge in [0.1, 0.15) is 0 Å². The van der Waals surface area contributed by atoms with Crippen molar-refractivity contribution in [1.82, 2.24) is 5.32 Å². The van der Waals surface area contributed by atoms with Gasteiger partial charge in [-0.05, 0) is 24.1 Å². The van der Waals surface area contributed by atoms with Gasteiger partial charge in [0.25, 0.3) is 0 Å². The smallest absolute Gasteiger partial charge is 0.320 e. The van der Waals surface area contributed by atoms with Gasteiger partial charge in [0, 0.05) is 5.69 Å². The van der Waals surface area contributed by atoms with Crippen LogP contribution in [0.15, 0.2) is 60.7 Å². The fourth-order valence-electron chi connectivity index (χ4n) is 2.27. The number of nitrogens with one attached hydrogen (secondary N) is 2. The second-order valence-corrected chi connectivity index (χ2v) is 4.90. The number of benzene rings is 2. The molecule has 2 aromatic rings. The highest BCUT2D eigenvalue weighted by Gasteiger charge is 2.31. The molecule has 0 saturated carbocycles. The molecule has 0 bridgehead atoms. The van der Waals surface area contributed by atoms with Gasteiger partial charge in [-0.1, -0.05) is 55.5 Å². The third kappa shape index (κ3) is 3.61. The van der Waals surface area contributed by atoms with Crippen LogP contribution in [0.25, 0.3) is 0 Å². The number of aliphatic hydroxyl groups excluding tert-OH is 1. The van der Waals surface area contributed by atoms with Crippen LogP contribution in [-0.2, 0) is 5.54 Å². The zero-order valence-electron chi connectivity index (χ0n) is 12.0. The number of hydrogen-bond donors (Lipinski definition) is 3. The maximum atomic E-state index is 12.2. The van der Waals surface area contributed by atoms with Gasteiger partial charge in [-0.25, -0.2) is 4.79 Å². The van der Waals surface area contributed by atoms with Gasteiger partial charge in [-0.15, -0.1) is 0 Å². The van der Waals surface area contributed by atoms with Crippen molar-refractivity contribution in [3.05, 3.63) is 66.2 Å². The Hall–Kier alpha value is -2.33. The molecule has 2 rings (SSSR count). The second-order valence-electron chi connectivity index (χ2n) is 4.90. The van der Waals surface area contributed by atoms with Gasteiger partial charge >= 0.3 is 6.03 Å². The number of carbonyl (C=O) groups is 1. The summed E-state index contributed by atoms with van der Waals surface area (Å²) in [5.74, 6) is 0. The first-order valence-corrected chi connectivity index (χ1v) is 7.01. The molecule has 0 spiro atoms. The molecular formula is C17H20N2O2. The first-order valence-electron chi connectivity index (χ1n) is 7.01. The van der Waals surface area contributed by atoms with Crippen molar-refractivity contribution < 1.29 is 9.90 Å². The summed E-state index contributed by atoms with van der Waals surface area (Å²) in [6, 6.07) is 18.4. The number of amides is 2. The van der Waals surface area contributed by atoms with Crippen molar-refractivity contribution in [2.75, 3.05) is 11.9 Å². The molecule has 2 amide bonds. The van der Waals surface area contributed by atoms with Crippen LogP contribution in [0.1, 0.15) is 18.9 Å². The maximum Gasteiger partial charge on any atom is 0.320 e. The van der Waals surface area contributed by atoms with Gasteiger partial charge in [0.15, 0.2) is 0 Å². The Morgan fingerprint density at radius 3 is 2.14 bits per heavy atom. The van der Waals surface area contributed by atoms with Gasteiger partial charge < -0.3 is 15.7 Å². The molecular weight excluding hydrogens is 264 g/mol. The highest BCUT2D eigenvalue weighted by atomic mass is 16.3. The minimum atomic E-state index is -0.778. The predicted molar refractivity (Wildman–Crippen MR) is 84.1 cm³/mol. The normalized spacial score (nSPS) is 13.2. The number of aliphatic hydroxyl groups is 1. The molecule has 1 atom stereocenters. The van der Waals surface area contributed by atoms with Crippen molar-refractivity contribution in [3.63, 3.8) is 0 Å². The van der Waals surface area contributed by atoms with Crippen LogP contribution in [-0.4, -0.2) is 17.7 Å². The number of carbonyl (C=O) groups excluding carboxylic acids is 1. The molecule has 2 aromatic carbocycles. The predicted octanol–water partition coefficient (Wildman–Crippen LogP) is 3.11. The number of para-hydroxylation sites is 1. The van der Waals surface area contributed by atoms with E-state index in [1.165, 1.54) is 0 Å². The van der Waals surface area contributed by atoms with Gasteiger partial charge in [-0.3, -0.25) is 0 Å². The highest BCUT2D eigenvalue weighted by molar-refractivity contribution is 5.89. The lowest BCUT2D eigenvalue weighted by atomic mass is 9.88. The van der Waals surface area contributed by atoms with Crippen molar-refractivity contribution in [2.24, 2.45) is 0 Å². The summed E-state index contributed by atoms with van der Waals surface area (Å²) in [4.78, 5) is 12.2. The number of anilines is 1. The van der Waals surface area contributed by atoms with E-state index in [1.807, 2.05) is 67.6 Å². The van der Waals surface area contributed by atoms with E-state index in [4.69, 9.17) is 0 Å². The Morgan fingerprint density at radius 2 is 1.62 bits per heavy atom. The number of urea groups is 1. The van der Waals surface area contributed by atoms with Gasteiger partial charge in [0.2, 0.25) is 0 Å². The van der Waals surface area contributed by atoms with Crippen molar-refractivity contribution in [2.45, 2.75) is 18.9 Å². The van der Waals surface area contributed by atoms with Crippen LogP contribution < -0.4 is 10.6 Å². The fraction of sp³-hybridized carbons (Fsp3) is 0.235. The lowest BCUT2D eigenvalue weighted by Crippen LogP contribution is -2.49. The standard InChI is InChI=1S/C17H20N2O2/c1-2-17(13-20,14-9-5-3-6-10-14)19-16(21)18-15-11-7-4-8-12-15/h3-12,20H,2,13H2,1H3,(H2,18,19,21)/t17-/m1/s1. The molecule has 0 aromatic heterocycles. The van der Waals surface area contributed by atoms with E-state index >= 15 is 0 Å². The summed E-state index contributed by atoms with van der Waals surface area (Å²) in [6.07, 6.45) is 0.593. The van der Waals surface area contributed by atoms with Crippen molar-refractivity contribution in [1.29, 1.82) is 0 Å². The van der Waals surface area contributed by atoms with Crippen LogP contribution in [0.2, 0.25) is 0 Å². The Balaban J connectivity index is 2.15. The molecule has 0 saturated heterocycles. The van der Waals surface area contributed by atoms with Crippen molar-refractivity contribution >= 4 is 11.7 Å². The van der Waals surface area contributed by atoms with E-state index in [-0.39, 0.29) is 12.6 Å². The largest absolute Gasteiger partial charge is 0.394 e. The molecule has 0 fully saturated rings. The lowest BCUT2D eigenvalue weighted by Gasteiger charge is -2.32. The highest BCUT2D eigenvalue weighted by Crippen LogP contribution is 2.24. The van der Waals surface area contributed by atoms with E-state index in [0.717, 1.165) is 5.56 Å². The second kappa shape index (κ2) is 6.90. The molecule has 3 N–H and O–H groups in total. The summed E-state index contributed by atoms with van der Waals surface area (Å²) >= 11 is 0. The third-order valence-corrected chi connectivity index (χ3v) is 3.58. The van der Waals surface area contributed by atoms with Gasteiger partial charge in [-0.2, -0.15) is 0 Å². The summed E-state index contributed by atoms with van der Waals surface area (Å²) < 4.78 is 0. The monoisotopic (exact) mass is 284 g/mol. The van der Waals surface area contributed by atoms with Crippen LogP contribution in [0.5, 0.6) is 0 Å². The molecule has 110 valence electrons. The zero-order valence-corrected chi connectivity index (χ0v) is 12.0. The van der Waals surface area contributed by atoms with Crippen molar-refractivity contribution in [3.8, 4) is 0 Å². The van der Waals surface area contributed by atoms with E-state index in [1.54, 1.807) is 0 Å². The summed E-state index contributed by atoms with van der Waals surface area (Å²) in [6.45, 7) is 1.78. The third-order valence-electron chi connectivity index (χ3n) is 3.58. The molecule has 0 heterocycles. The molecule has 0 unspecified atom stereocenters. The quantitative estimate of drug-likeness (QED) is 0.790. The lowest BCUT2D eigenvalue weighted by molar-refractivity contribution is 0.159. The SMILES string of the molecule is CC[C@](CO)(NC(=O)Nc1ccccc1)c1ccccc1. The van der Waals surface area contributed by atoms with E-state index in [2.05, 4.69) is 10.6 Å². The first-order chi connectivity index (χ1) is 10.2. The molecule has 0 aliphatic rings. The maximum absolute atomic E-state index is 12.2. The topological polar surface area (TPSA) is 61.4 Å². The molecule has 4 heteroatoms. The van der Waals surface area contributed by atoms with Crippen LogP contribution in [0.4, 0.5) is 10.5 Å². The first kappa shape index (κ1) is 15.1. The van der Waals surface area contributed by atoms with Crippen LogP contribution >= 0.6 is 0 Å². The van der Waals surface area contributed by atoms with E-state index < -0.39 is 5.54 Å². The minimum absolute atomic E-state index is 0.157. The molecule has 21 heavy (non-hydrogen) atoms. The number of rotatable bonds is 5. The number of hydrogen-bond acceptors (Lipinski definition) is 2. The Morgan fingerprint density at radius 1 is 1.05 bits per heavy atom. The van der Waals surface area contributed by atoms with E-state index in [0.29, 0.717) is 12.1 Å². The average Bonchev–Trinajstić information content (AvgIpc) is 2.54. The van der Waals surface area contributed by atoms with Crippen LogP contribution in [0.3, 0.4) is 0 Å². The Bertz CT molecular complexity index is 566. The zero-order chi connectivity index (χ0) is 15.1. The van der Waals surface area contributed by atoms with Crippen LogP contribution in [0, 0.1) is 0 Å². The molecule has 4 nitrogen and oxygen atoms in total. The fourth-order valence-corrected chi connectivity index (χ4v) is 2.27. The summed E-state index contributed by atoms with van der Waals surface area (Å²) in [7, 11) is 0. The molecule has 0 radical (unpaired) electrons. The Labute approximate surface area is 124 Å². The summed E-state index contributed by atoms with van der Waals surface area (Å²) in [5, 5.41) is 15.5. The average molecular weight is 284 g/mol. The van der Waals surface area contributed by atoms with Gasteiger partial charge in [0.05, 0.1) is 12.1 Å². The summed E-state index contributed by atoms with van der Waals surface area (Å²) in [5.41, 5.74) is 0.823. The van der Waals surface area contributed by atoms with E-state index in [9.17, 15) is 9.90 Å². The molecule has 0 aliphatic carbocycles. The molecule has 0 aliphatic heterocycles. The Kier molecular flexibility index (Phi) is 4.95. The minimum Gasteiger partial charge on any atom is -0.394 e.